The molecule has 3 heterocycles. The van der Waals surface area contributed by atoms with Crippen molar-refractivity contribution in [1.29, 1.82) is 0 Å². The normalized spacial score (nSPS) is 17.0. The van der Waals surface area contributed by atoms with Crippen molar-refractivity contribution in [3.05, 3.63) is 36.3 Å². The van der Waals surface area contributed by atoms with Gasteiger partial charge in [-0.25, -0.2) is 4.98 Å². The molecule has 1 unspecified atom stereocenters. The van der Waals surface area contributed by atoms with E-state index in [0.29, 0.717) is 31.6 Å². The van der Waals surface area contributed by atoms with E-state index in [9.17, 15) is 14.7 Å². The van der Waals surface area contributed by atoms with Gasteiger partial charge in [0.05, 0.1) is 11.5 Å². The Labute approximate surface area is 133 Å². The van der Waals surface area contributed by atoms with Crippen molar-refractivity contribution < 1.29 is 19.4 Å². The van der Waals surface area contributed by atoms with E-state index in [1.165, 1.54) is 0 Å². The average Bonchev–Trinajstić information content (AvgIpc) is 3.03. The van der Waals surface area contributed by atoms with Crippen molar-refractivity contribution in [3.63, 3.8) is 0 Å². The first-order valence-corrected chi connectivity index (χ1v) is 7.66. The number of aliphatic carboxylic acids is 1. The van der Waals surface area contributed by atoms with Crippen LogP contribution in [-0.4, -0.2) is 46.1 Å². The van der Waals surface area contributed by atoms with Gasteiger partial charge in [0.1, 0.15) is 5.65 Å². The number of fused-ring (bicyclic) bond motifs is 1. The number of amides is 1. The summed E-state index contributed by atoms with van der Waals surface area (Å²) in [6.45, 7) is 1.29. The first-order valence-electron chi connectivity index (χ1n) is 7.66. The monoisotopic (exact) mass is 317 g/mol. The van der Waals surface area contributed by atoms with Gasteiger partial charge >= 0.3 is 5.97 Å². The zero-order valence-corrected chi connectivity index (χ0v) is 12.6. The van der Waals surface area contributed by atoms with Gasteiger partial charge < -0.3 is 19.6 Å². The second-order valence-electron chi connectivity index (χ2n) is 5.72. The summed E-state index contributed by atoms with van der Waals surface area (Å²) in [5.41, 5.74) is 1.23. The minimum absolute atomic E-state index is 0.0395. The molecule has 1 atom stereocenters. The molecule has 23 heavy (non-hydrogen) atoms. The van der Waals surface area contributed by atoms with Gasteiger partial charge in [0.15, 0.2) is 0 Å². The number of carbonyl (C=O) groups excluding carboxylic acids is 1. The molecular weight excluding hydrogens is 298 g/mol. The van der Waals surface area contributed by atoms with Crippen molar-refractivity contribution in [3.8, 4) is 0 Å². The third-order valence-corrected chi connectivity index (χ3v) is 4.29. The van der Waals surface area contributed by atoms with Crippen LogP contribution in [0.1, 0.15) is 23.2 Å². The topological polar surface area (TPSA) is 92.9 Å². The molecule has 2 N–H and O–H groups in total. The first-order chi connectivity index (χ1) is 11.1. The van der Waals surface area contributed by atoms with Crippen LogP contribution in [0.3, 0.4) is 0 Å². The number of pyridine rings is 1. The van der Waals surface area contributed by atoms with Crippen molar-refractivity contribution in [2.24, 2.45) is 11.8 Å². The zero-order valence-electron chi connectivity index (χ0n) is 12.6. The molecule has 0 saturated carbocycles. The van der Waals surface area contributed by atoms with Crippen LogP contribution in [-0.2, 0) is 9.53 Å². The zero-order chi connectivity index (χ0) is 16.2. The van der Waals surface area contributed by atoms with Crippen LogP contribution in [0.4, 0.5) is 0 Å². The Morgan fingerprint density at radius 1 is 1.39 bits per heavy atom. The van der Waals surface area contributed by atoms with Crippen molar-refractivity contribution >= 4 is 17.5 Å². The minimum Gasteiger partial charge on any atom is -0.481 e. The van der Waals surface area contributed by atoms with Crippen molar-refractivity contribution in [2.45, 2.75) is 12.8 Å². The number of aromatic nitrogens is 2. The molecule has 1 saturated heterocycles. The molecule has 0 spiro atoms. The quantitative estimate of drug-likeness (QED) is 0.864. The predicted molar refractivity (Wildman–Crippen MR) is 82.2 cm³/mol. The highest BCUT2D eigenvalue weighted by Gasteiger charge is 2.30. The third-order valence-electron chi connectivity index (χ3n) is 4.29. The highest BCUT2D eigenvalue weighted by atomic mass is 16.5. The number of nitrogens with zero attached hydrogens (tertiary/aromatic N) is 2. The van der Waals surface area contributed by atoms with E-state index < -0.39 is 11.9 Å². The Hall–Kier alpha value is -2.41. The van der Waals surface area contributed by atoms with Crippen molar-refractivity contribution in [1.82, 2.24) is 14.7 Å². The Bertz CT molecular complexity index is 706. The van der Waals surface area contributed by atoms with Gasteiger partial charge in [-0.15, -0.1) is 0 Å². The van der Waals surface area contributed by atoms with Crippen LogP contribution in [0.25, 0.3) is 5.65 Å². The maximum absolute atomic E-state index is 12.3. The second kappa shape index (κ2) is 6.78. The van der Waals surface area contributed by atoms with Gasteiger partial charge in [-0.1, -0.05) is 0 Å². The van der Waals surface area contributed by atoms with Crippen LogP contribution in [0.5, 0.6) is 0 Å². The van der Waals surface area contributed by atoms with E-state index in [4.69, 9.17) is 4.74 Å². The fourth-order valence-electron chi connectivity index (χ4n) is 2.93. The number of ether oxygens (including phenoxy) is 1. The van der Waals surface area contributed by atoms with E-state index in [0.717, 1.165) is 5.65 Å². The van der Waals surface area contributed by atoms with Gasteiger partial charge in [-0.05, 0) is 30.9 Å². The number of imidazole rings is 1. The lowest BCUT2D eigenvalue weighted by atomic mass is 9.86. The number of hydrogen-bond donors (Lipinski definition) is 2. The van der Waals surface area contributed by atoms with Crippen LogP contribution in [0.2, 0.25) is 0 Å². The lowest BCUT2D eigenvalue weighted by Crippen LogP contribution is -2.39. The molecule has 1 amide bonds. The molecule has 1 fully saturated rings. The Kier molecular flexibility index (Phi) is 4.57. The minimum atomic E-state index is -0.873. The number of nitrogens with one attached hydrogen (secondary N) is 1. The number of carboxylic acids is 1. The average molecular weight is 317 g/mol. The Balaban J connectivity index is 1.64. The first kappa shape index (κ1) is 15.5. The molecule has 7 heteroatoms. The van der Waals surface area contributed by atoms with Gasteiger partial charge in [0.2, 0.25) is 0 Å². The molecule has 7 nitrogen and oxygen atoms in total. The molecule has 3 rings (SSSR count). The number of hydrogen-bond acceptors (Lipinski definition) is 4. The van der Waals surface area contributed by atoms with Crippen molar-refractivity contribution in [2.75, 3.05) is 19.8 Å². The molecule has 0 aromatic carbocycles. The summed E-state index contributed by atoms with van der Waals surface area (Å²) >= 11 is 0. The molecule has 0 radical (unpaired) electrons. The fraction of sp³-hybridized carbons (Fsp3) is 0.438. The molecule has 1 aliphatic rings. The summed E-state index contributed by atoms with van der Waals surface area (Å²) < 4.78 is 7.02. The Morgan fingerprint density at radius 3 is 2.91 bits per heavy atom. The SMILES string of the molecule is O=C(NCC(C(=O)O)C1CCOCC1)c1ccc2nccn2c1. The fourth-order valence-corrected chi connectivity index (χ4v) is 2.93. The number of carboxylic acid groups (broad SMARTS) is 1. The smallest absolute Gasteiger partial charge is 0.308 e. The maximum atomic E-state index is 12.3. The van der Waals surface area contributed by atoms with Crippen LogP contribution in [0, 0.1) is 11.8 Å². The molecular formula is C16H19N3O4. The number of carbonyl (C=O) groups is 2. The summed E-state index contributed by atoms with van der Waals surface area (Å²) in [4.78, 5) is 27.9. The Morgan fingerprint density at radius 2 is 2.17 bits per heavy atom. The summed E-state index contributed by atoms with van der Waals surface area (Å²) in [6.07, 6.45) is 6.53. The van der Waals surface area contributed by atoms with Gasteiger partial charge in [-0.3, -0.25) is 9.59 Å². The molecule has 1 aliphatic heterocycles. The second-order valence-corrected chi connectivity index (χ2v) is 5.72. The van der Waals surface area contributed by atoms with Crippen LogP contribution < -0.4 is 5.32 Å². The van der Waals surface area contributed by atoms with E-state index in [-0.39, 0.29) is 18.4 Å². The highest BCUT2D eigenvalue weighted by Crippen LogP contribution is 2.23. The maximum Gasteiger partial charge on any atom is 0.308 e. The summed E-state index contributed by atoms with van der Waals surface area (Å²) in [5.74, 6) is -1.70. The summed E-state index contributed by atoms with van der Waals surface area (Å²) in [6, 6.07) is 3.43. The van der Waals surface area contributed by atoms with E-state index in [2.05, 4.69) is 10.3 Å². The van der Waals surface area contributed by atoms with Gasteiger partial charge in [0.25, 0.3) is 5.91 Å². The molecule has 0 aliphatic carbocycles. The summed E-state index contributed by atoms with van der Waals surface area (Å²) in [5, 5.41) is 12.2. The molecule has 2 aromatic heterocycles. The third kappa shape index (κ3) is 3.50. The largest absolute Gasteiger partial charge is 0.481 e. The van der Waals surface area contributed by atoms with Crippen LogP contribution >= 0.6 is 0 Å². The standard InChI is InChI=1S/C16H19N3O4/c20-15(12-1-2-14-17-5-6-19(14)10-12)18-9-13(16(21)22)11-3-7-23-8-4-11/h1-2,5-6,10-11,13H,3-4,7-9H2,(H,18,20)(H,21,22). The van der Waals surface area contributed by atoms with E-state index >= 15 is 0 Å². The molecule has 2 aromatic rings. The van der Waals surface area contributed by atoms with Crippen LogP contribution in [0.15, 0.2) is 30.7 Å². The van der Waals surface area contributed by atoms with Gasteiger partial charge in [-0.2, -0.15) is 0 Å². The van der Waals surface area contributed by atoms with E-state index in [1.54, 1.807) is 35.1 Å². The highest BCUT2D eigenvalue weighted by molar-refractivity contribution is 5.94. The molecule has 0 bridgehead atoms. The predicted octanol–water partition coefficient (Wildman–Crippen LogP) is 1.19. The lowest BCUT2D eigenvalue weighted by molar-refractivity contribution is -0.144. The lowest BCUT2D eigenvalue weighted by Gasteiger charge is -2.27. The van der Waals surface area contributed by atoms with Gasteiger partial charge in [0, 0.05) is 38.3 Å². The van der Waals surface area contributed by atoms with E-state index in [1.807, 2.05) is 0 Å². The number of rotatable bonds is 5. The molecule has 122 valence electrons. The summed E-state index contributed by atoms with van der Waals surface area (Å²) in [7, 11) is 0.